The van der Waals surface area contributed by atoms with Crippen LogP contribution in [0.2, 0.25) is 0 Å². The van der Waals surface area contributed by atoms with Crippen LogP contribution in [-0.4, -0.2) is 19.1 Å². The zero-order valence-electron chi connectivity index (χ0n) is 12.0. The first-order chi connectivity index (χ1) is 10.7. The Labute approximate surface area is 143 Å². The van der Waals surface area contributed by atoms with E-state index in [2.05, 4.69) is 33.2 Å². The van der Waals surface area contributed by atoms with E-state index in [-0.39, 0.29) is 18.5 Å². The maximum absolute atomic E-state index is 12.2. The highest BCUT2D eigenvalue weighted by Crippen LogP contribution is 2.31. The van der Waals surface area contributed by atoms with Gasteiger partial charge in [0.15, 0.2) is 0 Å². The zero-order chi connectivity index (χ0) is 15.4. The molecule has 5 heteroatoms. The number of rotatable bonds is 4. The summed E-state index contributed by atoms with van der Waals surface area (Å²) in [7, 11) is 0. The van der Waals surface area contributed by atoms with Crippen LogP contribution in [0.5, 0.6) is 5.75 Å². The van der Waals surface area contributed by atoms with Crippen molar-refractivity contribution in [2.45, 2.75) is 12.5 Å². The minimum atomic E-state index is -0.0126. The Kier molecular flexibility index (Phi) is 4.82. The van der Waals surface area contributed by atoms with Crippen LogP contribution in [-0.2, 0) is 4.79 Å². The van der Waals surface area contributed by atoms with E-state index < -0.39 is 0 Å². The summed E-state index contributed by atoms with van der Waals surface area (Å²) in [5.74, 6) is 0.853. The van der Waals surface area contributed by atoms with E-state index in [1.807, 2.05) is 48.5 Å². The topological polar surface area (TPSA) is 50.4 Å². The van der Waals surface area contributed by atoms with E-state index in [0.29, 0.717) is 6.61 Å². The zero-order valence-corrected chi connectivity index (χ0v) is 14.2. The third kappa shape index (κ3) is 3.52. The maximum atomic E-state index is 12.2. The first-order valence-electron chi connectivity index (χ1n) is 7.23. The summed E-state index contributed by atoms with van der Waals surface area (Å²) in [6.45, 7) is 0.894. The average molecular weight is 408 g/mol. The number of hydrogen-bond acceptors (Lipinski definition) is 3. The molecule has 0 saturated carbocycles. The third-order valence-corrected chi connectivity index (χ3v) is 4.55. The summed E-state index contributed by atoms with van der Waals surface area (Å²) >= 11 is 2.25. The quantitative estimate of drug-likeness (QED) is 0.764. The van der Waals surface area contributed by atoms with Gasteiger partial charge in [0.2, 0.25) is 5.91 Å². The molecule has 1 heterocycles. The van der Waals surface area contributed by atoms with Gasteiger partial charge in [-0.3, -0.25) is 4.79 Å². The Morgan fingerprint density at radius 2 is 1.95 bits per heavy atom. The van der Waals surface area contributed by atoms with Crippen LogP contribution in [0.25, 0.3) is 0 Å². The minimum absolute atomic E-state index is 0.0126. The Bertz CT molecular complexity index is 675. The fourth-order valence-electron chi connectivity index (χ4n) is 2.52. The Hall–Kier alpha value is -1.76. The number of halogens is 1. The van der Waals surface area contributed by atoms with Crippen molar-refractivity contribution in [3.63, 3.8) is 0 Å². The van der Waals surface area contributed by atoms with E-state index in [1.165, 1.54) is 0 Å². The van der Waals surface area contributed by atoms with E-state index >= 15 is 0 Å². The summed E-state index contributed by atoms with van der Waals surface area (Å²) in [5.41, 5.74) is 2.03. The molecular weight excluding hydrogens is 391 g/mol. The molecule has 0 radical (unpaired) electrons. The number of benzene rings is 2. The van der Waals surface area contributed by atoms with E-state index in [1.54, 1.807) is 0 Å². The molecule has 0 spiro atoms. The standard InChI is InChI=1S/C17H17IN2O2/c18-13-6-2-3-7-15(13)19-11-17(21)20-14-9-10-22-16-8-4-1-5-12(14)16/h1-8,14,19H,9-11H2,(H,20,21). The number of amides is 1. The molecule has 0 bridgehead atoms. The molecule has 2 N–H and O–H groups in total. The van der Waals surface area contributed by atoms with Crippen molar-refractivity contribution in [1.82, 2.24) is 5.32 Å². The molecule has 0 aromatic heterocycles. The van der Waals surface area contributed by atoms with Gasteiger partial charge in [0, 0.05) is 21.2 Å². The summed E-state index contributed by atoms with van der Waals surface area (Å²) < 4.78 is 6.71. The monoisotopic (exact) mass is 408 g/mol. The third-order valence-electron chi connectivity index (χ3n) is 3.61. The number of carbonyl (C=O) groups excluding carboxylic acids is 1. The van der Waals surface area contributed by atoms with Crippen molar-refractivity contribution in [3.8, 4) is 5.75 Å². The lowest BCUT2D eigenvalue weighted by Gasteiger charge is -2.26. The van der Waals surface area contributed by atoms with Gasteiger partial charge in [-0.15, -0.1) is 0 Å². The summed E-state index contributed by atoms with van der Waals surface area (Å²) in [6.07, 6.45) is 0.797. The first kappa shape index (κ1) is 15.1. The second-order valence-electron chi connectivity index (χ2n) is 5.13. The van der Waals surface area contributed by atoms with Crippen LogP contribution in [0.4, 0.5) is 5.69 Å². The highest BCUT2D eigenvalue weighted by atomic mass is 127. The van der Waals surface area contributed by atoms with Crippen LogP contribution in [0.1, 0.15) is 18.0 Å². The van der Waals surface area contributed by atoms with Gasteiger partial charge in [-0.1, -0.05) is 30.3 Å². The van der Waals surface area contributed by atoms with Gasteiger partial charge in [-0.25, -0.2) is 0 Å². The minimum Gasteiger partial charge on any atom is -0.493 e. The largest absolute Gasteiger partial charge is 0.493 e. The van der Waals surface area contributed by atoms with Crippen LogP contribution in [0.3, 0.4) is 0 Å². The lowest BCUT2D eigenvalue weighted by atomic mass is 10.0. The maximum Gasteiger partial charge on any atom is 0.239 e. The number of fused-ring (bicyclic) bond motifs is 1. The van der Waals surface area contributed by atoms with Crippen molar-refractivity contribution in [2.24, 2.45) is 0 Å². The van der Waals surface area contributed by atoms with Crippen molar-refractivity contribution < 1.29 is 9.53 Å². The van der Waals surface area contributed by atoms with Crippen molar-refractivity contribution in [1.29, 1.82) is 0 Å². The summed E-state index contributed by atoms with van der Waals surface area (Å²) in [6, 6.07) is 15.8. The predicted octanol–water partition coefficient (Wildman–Crippen LogP) is 3.34. The molecule has 4 nitrogen and oxygen atoms in total. The number of para-hydroxylation sites is 2. The first-order valence-corrected chi connectivity index (χ1v) is 8.31. The molecule has 2 aromatic carbocycles. The van der Waals surface area contributed by atoms with Crippen molar-refractivity contribution >= 4 is 34.2 Å². The fourth-order valence-corrected chi connectivity index (χ4v) is 3.10. The summed E-state index contributed by atoms with van der Waals surface area (Å²) in [5, 5.41) is 6.26. The fraction of sp³-hybridized carbons (Fsp3) is 0.235. The number of ether oxygens (including phenoxy) is 1. The molecule has 0 aliphatic carbocycles. The van der Waals surface area contributed by atoms with Gasteiger partial charge >= 0.3 is 0 Å². The molecule has 0 saturated heterocycles. The molecular formula is C17H17IN2O2. The van der Waals surface area contributed by atoms with Crippen molar-refractivity contribution in [2.75, 3.05) is 18.5 Å². The van der Waals surface area contributed by atoms with Gasteiger partial charge < -0.3 is 15.4 Å². The average Bonchev–Trinajstić information content (AvgIpc) is 2.54. The lowest BCUT2D eigenvalue weighted by Crippen LogP contribution is -2.35. The highest BCUT2D eigenvalue weighted by Gasteiger charge is 2.22. The van der Waals surface area contributed by atoms with Gasteiger partial charge in [0.25, 0.3) is 0 Å². The molecule has 2 aromatic rings. The Morgan fingerprint density at radius 1 is 1.18 bits per heavy atom. The number of carbonyl (C=O) groups is 1. The van der Waals surface area contributed by atoms with Crippen LogP contribution in [0, 0.1) is 3.57 Å². The van der Waals surface area contributed by atoms with Crippen molar-refractivity contribution in [3.05, 3.63) is 57.7 Å². The molecule has 114 valence electrons. The number of hydrogen-bond donors (Lipinski definition) is 2. The lowest BCUT2D eigenvalue weighted by molar-refractivity contribution is -0.120. The molecule has 1 aliphatic heterocycles. The number of anilines is 1. The number of nitrogens with one attached hydrogen (secondary N) is 2. The van der Waals surface area contributed by atoms with E-state index in [9.17, 15) is 4.79 Å². The van der Waals surface area contributed by atoms with Gasteiger partial charge in [0.1, 0.15) is 5.75 Å². The van der Waals surface area contributed by atoms with Gasteiger partial charge in [-0.2, -0.15) is 0 Å². The SMILES string of the molecule is O=C(CNc1ccccc1I)NC1CCOc2ccccc21. The summed E-state index contributed by atoms with van der Waals surface area (Å²) in [4.78, 5) is 12.2. The van der Waals surface area contributed by atoms with Gasteiger partial charge in [-0.05, 0) is 40.8 Å². The second-order valence-corrected chi connectivity index (χ2v) is 6.29. The molecule has 1 atom stereocenters. The molecule has 0 fully saturated rings. The van der Waals surface area contributed by atoms with E-state index in [0.717, 1.165) is 27.0 Å². The second kappa shape index (κ2) is 7.00. The normalized spacial score (nSPS) is 16.3. The molecule has 3 rings (SSSR count). The van der Waals surface area contributed by atoms with E-state index in [4.69, 9.17) is 4.74 Å². The van der Waals surface area contributed by atoms with Crippen LogP contribution < -0.4 is 15.4 Å². The molecule has 1 unspecified atom stereocenters. The van der Waals surface area contributed by atoms with Crippen LogP contribution in [0.15, 0.2) is 48.5 Å². The smallest absolute Gasteiger partial charge is 0.239 e. The highest BCUT2D eigenvalue weighted by molar-refractivity contribution is 14.1. The molecule has 1 aliphatic rings. The van der Waals surface area contributed by atoms with Gasteiger partial charge in [0.05, 0.1) is 19.2 Å². The molecule has 1 amide bonds. The van der Waals surface area contributed by atoms with Crippen LogP contribution >= 0.6 is 22.6 Å². The predicted molar refractivity (Wildman–Crippen MR) is 95.1 cm³/mol. The Morgan fingerprint density at radius 3 is 2.82 bits per heavy atom. The molecule has 22 heavy (non-hydrogen) atoms. The Balaban J connectivity index is 1.60.